The van der Waals surface area contributed by atoms with Gasteiger partial charge in [0.2, 0.25) is 5.91 Å². The minimum absolute atomic E-state index is 0.162. The average molecular weight is 419 g/mol. The number of nitrogens with zero attached hydrogens (tertiary/aromatic N) is 2. The standard InChI is InChI=1S/C25H23F2N3O/c1-16-13-22-23(14-17(16)2)30(24(29-22)15-18-3-5-19(26)6-4-18)12-11-25(31)28-21-9-7-20(27)8-10-21/h3-10,13-14H,11-12,15H2,1-2H3,(H,28,31). The monoisotopic (exact) mass is 419 g/mol. The normalized spacial score (nSPS) is 11.1. The molecule has 0 bridgehead atoms. The Balaban J connectivity index is 1.59. The van der Waals surface area contributed by atoms with Gasteiger partial charge in [-0.25, -0.2) is 13.8 Å². The van der Waals surface area contributed by atoms with Crippen LogP contribution in [0.25, 0.3) is 11.0 Å². The van der Waals surface area contributed by atoms with Gasteiger partial charge in [-0.3, -0.25) is 4.79 Å². The number of rotatable bonds is 6. The predicted octanol–water partition coefficient (Wildman–Crippen LogP) is 5.55. The number of hydrogen-bond acceptors (Lipinski definition) is 2. The molecule has 4 nitrogen and oxygen atoms in total. The number of carbonyl (C=O) groups excluding carboxylic acids is 1. The van der Waals surface area contributed by atoms with E-state index in [-0.39, 0.29) is 24.0 Å². The van der Waals surface area contributed by atoms with E-state index in [1.54, 1.807) is 12.1 Å². The van der Waals surface area contributed by atoms with Crippen LogP contribution in [0.2, 0.25) is 0 Å². The van der Waals surface area contributed by atoms with Gasteiger partial charge < -0.3 is 9.88 Å². The van der Waals surface area contributed by atoms with Crippen LogP contribution in [0.3, 0.4) is 0 Å². The molecule has 1 aromatic heterocycles. The lowest BCUT2D eigenvalue weighted by Crippen LogP contribution is -2.15. The van der Waals surface area contributed by atoms with Crippen molar-refractivity contribution in [2.24, 2.45) is 0 Å². The molecule has 0 aliphatic heterocycles. The number of fused-ring (bicyclic) bond motifs is 1. The number of amides is 1. The van der Waals surface area contributed by atoms with Crippen molar-refractivity contribution in [2.75, 3.05) is 5.32 Å². The van der Waals surface area contributed by atoms with Crippen LogP contribution in [0.4, 0.5) is 14.5 Å². The van der Waals surface area contributed by atoms with Crippen molar-refractivity contribution in [3.8, 4) is 0 Å². The van der Waals surface area contributed by atoms with E-state index in [0.29, 0.717) is 18.7 Å². The van der Waals surface area contributed by atoms with Gasteiger partial charge in [-0.05, 0) is 79.1 Å². The topological polar surface area (TPSA) is 46.9 Å². The number of hydrogen-bond donors (Lipinski definition) is 1. The zero-order valence-electron chi connectivity index (χ0n) is 17.5. The van der Waals surface area contributed by atoms with Crippen LogP contribution < -0.4 is 5.32 Å². The Morgan fingerprint density at radius 2 is 1.55 bits per heavy atom. The van der Waals surface area contributed by atoms with E-state index >= 15 is 0 Å². The number of halogens is 2. The Bertz CT molecular complexity index is 1230. The summed E-state index contributed by atoms with van der Waals surface area (Å²) >= 11 is 0. The highest BCUT2D eigenvalue weighted by molar-refractivity contribution is 5.90. The second kappa shape index (κ2) is 8.68. The lowest BCUT2D eigenvalue weighted by molar-refractivity contribution is -0.116. The highest BCUT2D eigenvalue weighted by atomic mass is 19.1. The predicted molar refractivity (Wildman–Crippen MR) is 118 cm³/mol. The molecule has 0 aliphatic carbocycles. The first-order chi connectivity index (χ1) is 14.9. The fourth-order valence-corrected chi connectivity index (χ4v) is 3.57. The van der Waals surface area contributed by atoms with Gasteiger partial charge in [0.25, 0.3) is 0 Å². The molecule has 158 valence electrons. The first-order valence-corrected chi connectivity index (χ1v) is 10.2. The van der Waals surface area contributed by atoms with E-state index in [0.717, 1.165) is 33.5 Å². The molecule has 0 atom stereocenters. The molecule has 0 unspecified atom stereocenters. The van der Waals surface area contributed by atoms with Gasteiger partial charge in [0, 0.05) is 25.1 Å². The summed E-state index contributed by atoms with van der Waals surface area (Å²) in [6, 6.07) is 16.2. The van der Waals surface area contributed by atoms with Crippen molar-refractivity contribution in [3.05, 3.63) is 94.8 Å². The summed E-state index contributed by atoms with van der Waals surface area (Å²) in [5.74, 6) is 0.0335. The third-order valence-electron chi connectivity index (χ3n) is 5.41. The van der Waals surface area contributed by atoms with Crippen LogP contribution in [0, 0.1) is 25.5 Å². The minimum Gasteiger partial charge on any atom is -0.327 e. The van der Waals surface area contributed by atoms with Crippen LogP contribution in [0.1, 0.15) is 28.9 Å². The second-order valence-corrected chi connectivity index (χ2v) is 7.71. The van der Waals surface area contributed by atoms with Gasteiger partial charge in [-0.15, -0.1) is 0 Å². The quantitative estimate of drug-likeness (QED) is 0.445. The number of aromatic nitrogens is 2. The average Bonchev–Trinajstić information content (AvgIpc) is 3.06. The van der Waals surface area contributed by atoms with E-state index in [1.165, 1.54) is 36.4 Å². The van der Waals surface area contributed by atoms with Gasteiger partial charge in [-0.2, -0.15) is 0 Å². The molecular formula is C25H23F2N3O. The molecule has 0 saturated carbocycles. The summed E-state index contributed by atoms with van der Waals surface area (Å²) in [4.78, 5) is 17.3. The summed E-state index contributed by atoms with van der Waals surface area (Å²) in [7, 11) is 0. The van der Waals surface area contributed by atoms with Crippen molar-refractivity contribution < 1.29 is 13.6 Å². The van der Waals surface area contributed by atoms with E-state index < -0.39 is 0 Å². The van der Waals surface area contributed by atoms with E-state index in [9.17, 15) is 13.6 Å². The third-order valence-corrected chi connectivity index (χ3v) is 5.41. The maximum atomic E-state index is 13.3. The van der Waals surface area contributed by atoms with Gasteiger partial charge in [0.05, 0.1) is 11.0 Å². The zero-order valence-corrected chi connectivity index (χ0v) is 17.5. The molecule has 1 amide bonds. The Morgan fingerprint density at radius 3 is 2.23 bits per heavy atom. The summed E-state index contributed by atoms with van der Waals surface area (Å²) in [6.07, 6.45) is 0.777. The van der Waals surface area contributed by atoms with Crippen molar-refractivity contribution in [3.63, 3.8) is 0 Å². The van der Waals surface area contributed by atoms with Crippen molar-refractivity contribution in [2.45, 2.75) is 33.2 Å². The zero-order chi connectivity index (χ0) is 22.0. The smallest absolute Gasteiger partial charge is 0.226 e. The first-order valence-electron chi connectivity index (χ1n) is 10.2. The Labute approximate surface area is 179 Å². The molecule has 6 heteroatoms. The summed E-state index contributed by atoms with van der Waals surface area (Å²) in [5, 5.41) is 2.79. The van der Waals surface area contributed by atoms with Crippen molar-refractivity contribution >= 4 is 22.6 Å². The fraction of sp³-hybridized carbons (Fsp3) is 0.200. The van der Waals surface area contributed by atoms with E-state index in [1.807, 2.05) is 19.9 Å². The maximum Gasteiger partial charge on any atom is 0.226 e. The third kappa shape index (κ3) is 4.79. The van der Waals surface area contributed by atoms with Gasteiger partial charge in [0.15, 0.2) is 0 Å². The molecule has 4 aromatic rings. The van der Waals surface area contributed by atoms with Crippen LogP contribution in [-0.4, -0.2) is 15.5 Å². The van der Waals surface area contributed by atoms with Crippen LogP contribution in [-0.2, 0) is 17.8 Å². The number of carbonyl (C=O) groups is 1. The number of imidazole rings is 1. The van der Waals surface area contributed by atoms with Crippen LogP contribution >= 0.6 is 0 Å². The van der Waals surface area contributed by atoms with Crippen molar-refractivity contribution in [1.29, 1.82) is 0 Å². The maximum absolute atomic E-state index is 13.3. The molecule has 1 heterocycles. The lowest BCUT2D eigenvalue weighted by atomic mass is 10.1. The molecule has 4 rings (SSSR count). The lowest BCUT2D eigenvalue weighted by Gasteiger charge is -2.11. The highest BCUT2D eigenvalue weighted by Gasteiger charge is 2.14. The Morgan fingerprint density at radius 1 is 0.935 bits per heavy atom. The number of benzene rings is 3. The molecule has 0 fully saturated rings. The second-order valence-electron chi connectivity index (χ2n) is 7.71. The van der Waals surface area contributed by atoms with Crippen LogP contribution in [0.5, 0.6) is 0 Å². The molecular weight excluding hydrogens is 396 g/mol. The molecule has 0 radical (unpaired) electrons. The number of anilines is 1. The van der Waals surface area contributed by atoms with E-state index in [2.05, 4.69) is 16.0 Å². The fourth-order valence-electron chi connectivity index (χ4n) is 3.57. The molecule has 0 saturated heterocycles. The number of nitrogens with one attached hydrogen (secondary N) is 1. The van der Waals surface area contributed by atoms with Gasteiger partial charge >= 0.3 is 0 Å². The van der Waals surface area contributed by atoms with Gasteiger partial charge in [0.1, 0.15) is 17.5 Å². The largest absolute Gasteiger partial charge is 0.327 e. The summed E-state index contributed by atoms with van der Waals surface area (Å²) < 4.78 is 28.4. The summed E-state index contributed by atoms with van der Waals surface area (Å²) in [5.41, 5.74) is 5.65. The highest BCUT2D eigenvalue weighted by Crippen LogP contribution is 2.23. The van der Waals surface area contributed by atoms with Gasteiger partial charge in [-0.1, -0.05) is 12.1 Å². The number of aryl methyl sites for hydroxylation is 3. The van der Waals surface area contributed by atoms with Crippen molar-refractivity contribution in [1.82, 2.24) is 9.55 Å². The van der Waals surface area contributed by atoms with Crippen LogP contribution in [0.15, 0.2) is 60.7 Å². The molecule has 0 aliphatic rings. The SMILES string of the molecule is Cc1cc2nc(Cc3ccc(F)cc3)n(CCC(=O)Nc3ccc(F)cc3)c2cc1C. The molecule has 31 heavy (non-hydrogen) atoms. The molecule has 3 aromatic carbocycles. The minimum atomic E-state index is -0.348. The summed E-state index contributed by atoms with van der Waals surface area (Å²) in [6.45, 7) is 4.54. The van der Waals surface area contributed by atoms with E-state index in [4.69, 9.17) is 4.98 Å². The Kier molecular flexibility index (Phi) is 5.80. The Hall–Kier alpha value is -3.54. The molecule has 1 N–H and O–H groups in total. The molecule has 0 spiro atoms. The first kappa shape index (κ1) is 20.7.